The molecular weight excluding hydrogens is 434 g/mol. The number of nitrogens with zero attached hydrogens (tertiary/aromatic N) is 2. The zero-order valence-electron chi connectivity index (χ0n) is 20.7. The second-order valence-electron chi connectivity index (χ2n) is 8.78. The Morgan fingerprint density at radius 3 is 1.74 bits per heavy atom. The number of rotatable bonds is 13. The van der Waals surface area contributed by atoms with Gasteiger partial charge >= 0.3 is 6.03 Å². The van der Waals surface area contributed by atoms with Gasteiger partial charge in [-0.2, -0.15) is 0 Å². The molecule has 0 saturated carbocycles. The summed E-state index contributed by atoms with van der Waals surface area (Å²) in [5.41, 5.74) is 3.36. The van der Waals surface area contributed by atoms with Crippen LogP contribution in [0.5, 0.6) is 0 Å². The molecular formula is C30H37N3O2. The molecule has 184 valence electrons. The fourth-order valence-corrected chi connectivity index (χ4v) is 3.93. The lowest BCUT2D eigenvalue weighted by Crippen LogP contribution is -2.42. The highest BCUT2D eigenvalue weighted by molar-refractivity contribution is 5.78. The lowest BCUT2D eigenvalue weighted by atomic mass is 10.1. The van der Waals surface area contributed by atoms with Gasteiger partial charge in [0.1, 0.15) is 0 Å². The van der Waals surface area contributed by atoms with Crippen LogP contribution in [0.15, 0.2) is 91.0 Å². The van der Waals surface area contributed by atoms with Gasteiger partial charge in [0, 0.05) is 39.1 Å². The zero-order chi connectivity index (χ0) is 24.7. The molecule has 0 fully saturated rings. The van der Waals surface area contributed by atoms with Gasteiger partial charge in [0.15, 0.2) is 0 Å². The molecule has 0 radical (unpaired) electrons. The Hall–Kier alpha value is -3.60. The molecule has 0 aliphatic rings. The van der Waals surface area contributed by atoms with Crippen molar-refractivity contribution in [1.82, 2.24) is 15.1 Å². The average molecular weight is 472 g/mol. The summed E-state index contributed by atoms with van der Waals surface area (Å²) in [4.78, 5) is 29.9. The van der Waals surface area contributed by atoms with Gasteiger partial charge in [-0.1, -0.05) is 104 Å². The summed E-state index contributed by atoms with van der Waals surface area (Å²) < 4.78 is 0. The van der Waals surface area contributed by atoms with Crippen molar-refractivity contribution >= 4 is 11.9 Å². The number of unbranched alkanes of at least 4 members (excludes halogenated alkanes) is 1. The molecule has 35 heavy (non-hydrogen) atoms. The zero-order valence-corrected chi connectivity index (χ0v) is 20.7. The van der Waals surface area contributed by atoms with E-state index in [1.54, 1.807) is 4.90 Å². The van der Waals surface area contributed by atoms with Gasteiger partial charge in [0.25, 0.3) is 0 Å². The fourth-order valence-electron chi connectivity index (χ4n) is 3.93. The standard InChI is InChI=1S/C30H37N3O2/c1-2-3-21-31-30(35)33(25-28-17-11-6-12-18-28)23-20-29(34)32(24-27-15-9-5-10-16-27)22-19-26-13-7-4-8-14-26/h4-18H,2-3,19-25H2,1H3,(H,31,35). The summed E-state index contributed by atoms with van der Waals surface area (Å²) >= 11 is 0. The molecule has 0 heterocycles. The normalized spacial score (nSPS) is 10.5. The van der Waals surface area contributed by atoms with Gasteiger partial charge in [0.05, 0.1) is 0 Å². The van der Waals surface area contributed by atoms with E-state index in [4.69, 9.17) is 0 Å². The number of urea groups is 1. The molecule has 5 heteroatoms. The first-order chi connectivity index (χ1) is 17.2. The fraction of sp³-hybridized carbons (Fsp3) is 0.333. The van der Waals surface area contributed by atoms with Gasteiger partial charge in [0.2, 0.25) is 5.91 Å². The largest absolute Gasteiger partial charge is 0.338 e. The summed E-state index contributed by atoms with van der Waals surface area (Å²) in [6.07, 6.45) is 3.04. The van der Waals surface area contributed by atoms with Crippen LogP contribution in [0.25, 0.3) is 0 Å². The predicted molar refractivity (Wildman–Crippen MR) is 142 cm³/mol. The number of carbonyl (C=O) groups is 2. The predicted octanol–water partition coefficient (Wildman–Crippen LogP) is 5.66. The first-order valence-corrected chi connectivity index (χ1v) is 12.6. The summed E-state index contributed by atoms with van der Waals surface area (Å²) in [5.74, 6) is 0.0594. The summed E-state index contributed by atoms with van der Waals surface area (Å²) in [7, 11) is 0. The number of nitrogens with one attached hydrogen (secondary N) is 1. The van der Waals surface area contributed by atoms with E-state index in [0.29, 0.717) is 32.7 Å². The molecule has 5 nitrogen and oxygen atoms in total. The van der Waals surface area contributed by atoms with E-state index >= 15 is 0 Å². The Labute approximate surface area is 209 Å². The van der Waals surface area contributed by atoms with Gasteiger partial charge in [-0.15, -0.1) is 0 Å². The molecule has 0 spiro atoms. The topological polar surface area (TPSA) is 52.7 Å². The second-order valence-corrected chi connectivity index (χ2v) is 8.78. The maximum Gasteiger partial charge on any atom is 0.317 e. The van der Waals surface area contributed by atoms with Crippen LogP contribution in [0.1, 0.15) is 42.9 Å². The van der Waals surface area contributed by atoms with Crippen molar-refractivity contribution in [2.75, 3.05) is 19.6 Å². The number of amides is 3. The molecule has 0 bridgehead atoms. The van der Waals surface area contributed by atoms with Gasteiger partial charge in [-0.3, -0.25) is 4.79 Å². The average Bonchev–Trinajstić information content (AvgIpc) is 2.90. The van der Waals surface area contributed by atoms with Crippen LogP contribution in [0.4, 0.5) is 4.79 Å². The quantitative estimate of drug-likeness (QED) is 0.327. The molecule has 0 saturated heterocycles. The van der Waals surface area contributed by atoms with E-state index < -0.39 is 0 Å². The summed E-state index contributed by atoms with van der Waals surface area (Å²) in [6, 6.07) is 30.1. The van der Waals surface area contributed by atoms with E-state index in [0.717, 1.165) is 30.4 Å². The van der Waals surface area contributed by atoms with Crippen molar-refractivity contribution in [3.8, 4) is 0 Å². The molecule has 0 atom stereocenters. The molecule has 0 aliphatic carbocycles. The van der Waals surface area contributed by atoms with Crippen molar-refractivity contribution in [2.45, 2.75) is 45.7 Å². The molecule has 3 aromatic carbocycles. The third kappa shape index (κ3) is 9.28. The van der Waals surface area contributed by atoms with Crippen LogP contribution in [0.2, 0.25) is 0 Å². The minimum absolute atomic E-state index is 0.0594. The Kier molecular flexibility index (Phi) is 10.9. The lowest BCUT2D eigenvalue weighted by molar-refractivity contribution is -0.132. The Bertz CT molecular complexity index is 1010. The van der Waals surface area contributed by atoms with Crippen LogP contribution >= 0.6 is 0 Å². The number of benzene rings is 3. The van der Waals surface area contributed by atoms with Crippen molar-refractivity contribution in [3.63, 3.8) is 0 Å². The van der Waals surface area contributed by atoms with Crippen molar-refractivity contribution < 1.29 is 9.59 Å². The third-order valence-corrected chi connectivity index (χ3v) is 5.99. The molecule has 0 aromatic heterocycles. The summed E-state index contributed by atoms with van der Waals surface area (Å²) in [6.45, 7) is 4.80. The minimum atomic E-state index is -0.117. The van der Waals surface area contributed by atoms with E-state index in [2.05, 4.69) is 24.4 Å². The van der Waals surface area contributed by atoms with Crippen LogP contribution in [-0.2, 0) is 24.3 Å². The van der Waals surface area contributed by atoms with Gasteiger partial charge in [-0.25, -0.2) is 4.79 Å². The SMILES string of the molecule is CCCCNC(=O)N(CCC(=O)N(CCc1ccccc1)Cc1ccccc1)Cc1ccccc1. The smallest absolute Gasteiger partial charge is 0.317 e. The highest BCUT2D eigenvalue weighted by Crippen LogP contribution is 2.11. The maximum absolute atomic E-state index is 13.4. The maximum atomic E-state index is 13.4. The van der Waals surface area contributed by atoms with E-state index in [9.17, 15) is 9.59 Å². The van der Waals surface area contributed by atoms with Crippen molar-refractivity contribution in [3.05, 3.63) is 108 Å². The molecule has 0 unspecified atom stereocenters. The van der Waals surface area contributed by atoms with E-state index in [1.165, 1.54) is 5.56 Å². The van der Waals surface area contributed by atoms with Gasteiger partial charge < -0.3 is 15.1 Å². The van der Waals surface area contributed by atoms with Crippen LogP contribution in [0, 0.1) is 0 Å². The third-order valence-electron chi connectivity index (χ3n) is 5.99. The van der Waals surface area contributed by atoms with Gasteiger partial charge in [-0.05, 0) is 29.5 Å². The number of carbonyl (C=O) groups excluding carboxylic acids is 2. The van der Waals surface area contributed by atoms with Crippen LogP contribution in [0.3, 0.4) is 0 Å². The Morgan fingerprint density at radius 2 is 1.20 bits per heavy atom. The monoisotopic (exact) mass is 471 g/mol. The highest BCUT2D eigenvalue weighted by Gasteiger charge is 2.19. The molecule has 0 aliphatic heterocycles. The first kappa shape index (κ1) is 26.0. The highest BCUT2D eigenvalue weighted by atomic mass is 16.2. The number of hydrogen-bond donors (Lipinski definition) is 1. The van der Waals surface area contributed by atoms with E-state index in [1.807, 2.05) is 83.8 Å². The number of hydrogen-bond acceptors (Lipinski definition) is 2. The first-order valence-electron chi connectivity index (χ1n) is 12.6. The van der Waals surface area contributed by atoms with Crippen LogP contribution in [-0.4, -0.2) is 41.4 Å². The molecule has 3 aromatic rings. The Morgan fingerprint density at radius 1 is 0.686 bits per heavy atom. The Balaban J connectivity index is 1.66. The molecule has 1 N–H and O–H groups in total. The van der Waals surface area contributed by atoms with E-state index in [-0.39, 0.29) is 18.4 Å². The molecule has 3 amide bonds. The van der Waals surface area contributed by atoms with Crippen molar-refractivity contribution in [1.29, 1.82) is 0 Å². The minimum Gasteiger partial charge on any atom is -0.338 e. The van der Waals surface area contributed by atoms with Crippen LogP contribution < -0.4 is 5.32 Å². The lowest BCUT2D eigenvalue weighted by Gasteiger charge is -2.27. The van der Waals surface area contributed by atoms with Crippen molar-refractivity contribution in [2.24, 2.45) is 0 Å². The summed E-state index contributed by atoms with van der Waals surface area (Å²) in [5, 5.41) is 3.01. The molecule has 3 rings (SSSR count). The second kappa shape index (κ2) is 14.6.